The molecular weight excluding hydrogens is 346 g/mol. The molecule has 0 bridgehead atoms. The van der Waals surface area contributed by atoms with Crippen molar-refractivity contribution in [2.45, 2.75) is 31.3 Å². The van der Waals surface area contributed by atoms with Crippen molar-refractivity contribution in [3.8, 4) is 11.4 Å². The minimum absolute atomic E-state index is 0.0493. The van der Waals surface area contributed by atoms with Crippen LogP contribution in [0.4, 0.5) is 0 Å². The van der Waals surface area contributed by atoms with E-state index in [4.69, 9.17) is 9.26 Å². The molecule has 0 unspecified atom stereocenters. The summed E-state index contributed by atoms with van der Waals surface area (Å²) < 4.78 is 12.9. The second-order valence-electron chi connectivity index (χ2n) is 6.63. The van der Waals surface area contributed by atoms with Crippen LogP contribution in [0.5, 0.6) is 0 Å². The van der Waals surface area contributed by atoms with Crippen molar-refractivity contribution in [2.75, 3.05) is 13.2 Å². The quantitative estimate of drug-likeness (QED) is 0.717. The van der Waals surface area contributed by atoms with Gasteiger partial charge < -0.3 is 19.1 Å². The standard InChI is InChI=1S/C19H21N5O3/c25-16(12-19(5-10-26-11-6-19)24-8-1-2-9-24)21-14-17-22-18(23-27-17)15-4-3-7-20-13-15/h1-4,7-9,13H,5-6,10-12,14H2,(H,21,25). The summed E-state index contributed by atoms with van der Waals surface area (Å²) in [5, 5.41) is 6.83. The number of nitrogens with one attached hydrogen (secondary N) is 1. The van der Waals surface area contributed by atoms with Crippen LogP contribution in [0.15, 0.2) is 53.6 Å². The molecule has 4 heterocycles. The van der Waals surface area contributed by atoms with E-state index in [1.54, 1.807) is 12.4 Å². The van der Waals surface area contributed by atoms with Gasteiger partial charge in [0.25, 0.3) is 0 Å². The number of hydrogen-bond acceptors (Lipinski definition) is 6. The number of amides is 1. The molecular formula is C19H21N5O3. The molecule has 0 aliphatic carbocycles. The van der Waals surface area contributed by atoms with E-state index in [0.717, 1.165) is 18.4 Å². The molecule has 3 aromatic rings. The number of ether oxygens (including phenoxy) is 1. The zero-order valence-electron chi connectivity index (χ0n) is 14.9. The van der Waals surface area contributed by atoms with Crippen LogP contribution in [-0.2, 0) is 21.6 Å². The zero-order valence-corrected chi connectivity index (χ0v) is 14.9. The Morgan fingerprint density at radius 1 is 1.22 bits per heavy atom. The highest BCUT2D eigenvalue weighted by molar-refractivity contribution is 5.76. The van der Waals surface area contributed by atoms with Gasteiger partial charge in [-0.05, 0) is 37.1 Å². The minimum atomic E-state index is -0.248. The molecule has 8 heteroatoms. The minimum Gasteiger partial charge on any atom is -0.381 e. The van der Waals surface area contributed by atoms with Gasteiger partial charge in [0.2, 0.25) is 17.6 Å². The van der Waals surface area contributed by atoms with Crippen molar-refractivity contribution in [3.05, 3.63) is 54.9 Å². The van der Waals surface area contributed by atoms with Crippen LogP contribution in [0.2, 0.25) is 0 Å². The molecule has 0 radical (unpaired) electrons. The van der Waals surface area contributed by atoms with Crippen molar-refractivity contribution in [3.63, 3.8) is 0 Å². The monoisotopic (exact) mass is 367 g/mol. The fraction of sp³-hybridized carbons (Fsp3) is 0.368. The van der Waals surface area contributed by atoms with Crippen LogP contribution in [-0.4, -0.2) is 38.8 Å². The molecule has 4 rings (SSSR count). The Morgan fingerprint density at radius 2 is 2.04 bits per heavy atom. The molecule has 8 nitrogen and oxygen atoms in total. The van der Waals surface area contributed by atoms with Gasteiger partial charge in [-0.25, -0.2) is 0 Å². The lowest BCUT2D eigenvalue weighted by Gasteiger charge is -2.38. The number of hydrogen-bond donors (Lipinski definition) is 1. The SMILES string of the molecule is O=C(CC1(n2cccc2)CCOCC1)NCc1nc(-c2cccnc2)no1. The lowest BCUT2D eigenvalue weighted by atomic mass is 9.86. The Labute approximate surface area is 156 Å². The number of rotatable bonds is 6. The third kappa shape index (κ3) is 3.90. The van der Waals surface area contributed by atoms with Gasteiger partial charge in [0.05, 0.1) is 18.5 Å². The Balaban J connectivity index is 1.39. The number of pyridine rings is 1. The fourth-order valence-corrected chi connectivity index (χ4v) is 3.40. The van der Waals surface area contributed by atoms with Gasteiger partial charge in [0.1, 0.15) is 0 Å². The summed E-state index contributed by atoms with van der Waals surface area (Å²) in [6, 6.07) is 7.62. The van der Waals surface area contributed by atoms with Crippen LogP contribution in [0.3, 0.4) is 0 Å². The topological polar surface area (TPSA) is 95.1 Å². The van der Waals surface area contributed by atoms with E-state index in [-0.39, 0.29) is 18.0 Å². The normalized spacial score (nSPS) is 16.1. The molecule has 1 amide bonds. The predicted octanol–water partition coefficient (Wildman–Crippen LogP) is 2.15. The number of aromatic nitrogens is 4. The van der Waals surface area contributed by atoms with E-state index in [0.29, 0.717) is 31.3 Å². The third-order valence-corrected chi connectivity index (χ3v) is 4.89. The first-order valence-electron chi connectivity index (χ1n) is 8.96. The molecule has 1 aliphatic rings. The molecule has 0 aromatic carbocycles. The van der Waals surface area contributed by atoms with Crippen LogP contribution in [0, 0.1) is 0 Å². The summed E-state index contributed by atoms with van der Waals surface area (Å²) in [6.07, 6.45) is 9.37. The molecule has 0 atom stereocenters. The van der Waals surface area contributed by atoms with Gasteiger partial charge in [0, 0.05) is 43.6 Å². The van der Waals surface area contributed by atoms with Crippen LogP contribution in [0.25, 0.3) is 11.4 Å². The molecule has 1 aliphatic heterocycles. The lowest BCUT2D eigenvalue weighted by molar-refractivity contribution is -0.125. The summed E-state index contributed by atoms with van der Waals surface area (Å²) >= 11 is 0. The van der Waals surface area contributed by atoms with E-state index < -0.39 is 0 Å². The van der Waals surface area contributed by atoms with E-state index >= 15 is 0 Å². The third-order valence-electron chi connectivity index (χ3n) is 4.89. The van der Waals surface area contributed by atoms with Crippen molar-refractivity contribution in [1.29, 1.82) is 0 Å². The summed E-state index contributed by atoms with van der Waals surface area (Å²) in [5.41, 5.74) is 0.522. The number of nitrogens with zero attached hydrogens (tertiary/aromatic N) is 4. The smallest absolute Gasteiger partial charge is 0.246 e. The van der Waals surface area contributed by atoms with E-state index in [2.05, 4.69) is 25.0 Å². The van der Waals surface area contributed by atoms with Crippen molar-refractivity contribution in [2.24, 2.45) is 0 Å². The Hall–Kier alpha value is -3.00. The largest absolute Gasteiger partial charge is 0.381 e. The van der Waals surface area contributed by atoms with Gasteiger partial charge >= 0.3 is 0 Å². The average Bonchev–Trinajstić information content (AvgIpc) is 3.40. The Bertz CT molecular complexity index is 870. The average molecular weight is 367 g/mol. The lowest BCUT2D eigenvalue weighted by Crippen LogP contribution is -2.43. The van der Waals surface area contributed by atoms with Crippen molar-refractivity contribution in [1.82, 2.24) is 25.0 Å². The number of carbonyl (C=O) groups excluding carboxylic acids is 1. The van der Waals surface area contributed by atoms with Crippen molar-refractivity contribution < 1.29 is 14.1 Å². The molecule has 140 valence electrons. The maximum Gasteiger partial charge on any atom is 0.246 e. The van der Waals surface area contributed by atoms with Crippen LogP contribution in [0.1, 0.15) is 25.2 Å². The molecule has 1 saturated heterocycles. The molecule has 0 spiro atoms. The summed E-state index contributed by atoms with van der Waals surface area (Å²) in [5.74, 6) is 0.775. The highest BCUT2D eigenvalue weighted by atomic mass is 16.5. The maximum atomic E-state index is 12.6. The van der Waals surface area contributed by atoms with Gasteiger partial charge in [-0.1, -0.05) is 5.16 Å². The second-order valence-corrected chi connectivity index (χ2v) is 6.63. The zero-order chi connectivity index (χ0) is 18.5. The van der Waals surface area contributed by atoms with Gasteiger partial charge in [-0.2, -0.15) is 4.98 Å². The molecule has 0 saturated carbocycles. The molecule has 1 fully saturated rings. The van der Waals surface area contributed by atoms with Gasteiger partial charge in [-0.3, -0.25) is 9.78 Å². The molecule has 3 aromatic heterocycles. The van der Waals surface area contributed by atoms with E-state index in [9.17, 15) is 4.79 Å². The number of carbonyl (C=O) groups is 1. The summed E-state index contributed by atoms with van der Waals surface area (Å²) in [7, 11) is 0. The Morgan fingerprint density at radius 3 is 2.78 bits per heavy atom. The summed E-state index contributed by atoms with van der Waals surface area (Å²) in [6.45, 7) is 1.51. The van der Waals surface area contributed by atoms with Crippen LogP contribution >= 0.6 is 0 Å². The molecule has 1 N–H and O–H groups in total. The van der Waals surface area contributed by atoms with Crippen LogP contribution < -0.4 is 5.32 Å². The first kappa shape index (κ1) is 17.4. The highest BCUT2D eigenvalue weighted by Crippen LogP contribution is 2.33. The summed E-state index contributed by atoms with van der Waals surface area (Å²) in [4.78, 5) is 20.9. The second kappa shape index (κ2) is 7.71. The maximum absolute atomic E-state index is 12.6. The van der Waals surface area contributed by atoms with Gasteiger partial charge in [0.15, 0.2) is 0 Å². The first-order chi connectivity index (χ1) is 13.3. The molecule has 27 heavy (non-hydrogen) atoms. The first-order valence-corrected chi connectivity index (χ1v) is 8.96. The Kier molecular flexibility index (Phi) is 4.97. The van der Waals surface area contributed by atoms with E-state index in [1.165, 1.54) is 0 Å². The highest BCUT2D eigenvalue weighted by Gasteiger charge is 2.36. The fourth-order valence-electron chi connectivity index (χ4n) is 3.40. The van der Waals surface area contributed by atoms with E-state index in [1.807, 2.05) is 36.7 Å². The predicted molar refractivity (Wildman–Crippen MR) is 96.5 cm³/mol. The van der Waals surface area contributed by atoms with Crippen molar-refractivity contribution >= 4 is 5.91 Å². The van der Waals surface area contributed by atoms with Gasteiger partial charge in [-0.15, -0.1) is 0 Å².